The highest BCUT2D eigenvalue weighted by Crippen LogP contribution is 2.07. The number of imidazole rings is 1. The van der Waals surface area contributed by atoms with Crippen LogP contribution in [-0.4, -0.2) is 69.2 Å². The molecular formula is C13H24N6O. The van der Waals surface area contributed by atoms with Crippen LogP contribution >= 0.6 is 0 Å². The maximum atomic E-state index is 8.71. The SMILES string of the molecule is CC(C(N)=NO)N1CCN(CCCn2ccnc2)CC1. The molecule has 1 saturated heterocycles. The number of rotatable bonds is 6. The molecule has 7 heteroatoms. The average molecular weight is 280 g/mol. The number of amidine groups is 1. The molecule has 0 spiro atoms. The van der Waals surface area contributed by atoms with Gasteiger partial charge < -0.3 is 20.4 Å². The van der Waals surface area contributed by atoms with E-state index in [1.165, 1.54) is 0 Å². The molecule has 0 aliphatic carbocycles. The highest BCUT2D eigenvalue weighted by atomic mass is 16.4. The number of hydrogen-bond donors (Lipinski definition) is 2. The monoisotopic (exact) mass is 280 g/mol. The number of nitrogens with zero attached hydrogens (tertiary/aromatic N) is 5. The summed E-state index contributed by atoms with van der Waals surface area (Å²) >= 11 is 0. The van der Waals surface area contributed by atoms with Crippen molar-refractivity contribution in [2.75, 3.05) is 32.7 Å². The van der Waals surface area contributed by atoms with E-state index < -0.39 is 0 Å². The van der Waals surface area contributed by atoms with Crippen molar-refractivity contribution >= 4 is 5.84 Å². The first-order chi connectivity index (χ1) is 9.70. The zero-order chi connectivity index (χ0) is 14.4. The lowest BCUT2D eigenvalue weighted by Crippen LogP contribution is -2.53. The van der Waals surface area contributed by atoms with Gasteiger partial charge >= 0.3 is 0 Å². The molecule has 1 atom stereocenters. The van der Waals surface area contributed by atoms with Gasteiger partial charge in [-0.05, 0) is 19.9 Å². The number of hydrogen-bond acceptors (Lipinski definition) is 5. The van der Waals surface area contributed by atoms with Gasteiger partial charge in [0.05, 0.1) is 12.4 Å². The summed E-state index contributed by atoms with van der Waals surface area (Å²) in [6, 6.07) is 0.00750. The summed E-state index contributed by atoms with van der Waals surface area (Å²) in [5.74, 6) is 0.290. The van der Waals surface area contributed by atoms with Crippen LogP contribution in [0.15, 0.2) is 23.9 Å². The molecule has 0 saturated carbocycles. The van der Waals surface area contributed by atoms with Gasteiger partial charge in [0.2, 0.25) is 0 Å². The Bertz CT molecular complexity index is 411. The maximum absolute atomic E-state index is 8.71. The second kappa shape index (κ2) is 7.25. The number of aromatic nitrogens is 2. The van der Waals surface area contributed by atoms with Gasteiger partial charge in [-0.1, -0.05) is 5.16 Å². The smallest absolute Gasteiger partial charge is 0.156 e. The highest BCUT2D eigenvalue weighted by Gasteiger charge is 2.22. The minimum absolute atomic E-state index is 0.00750. The Morgan fingerprint density at radius 1 is 1.35 bits per heavy atom. The predicted molar refractivity (Wildman–Crippen MR) is 77.7 cm³/mol. The van der Waals surface area contributed by atoms with Gasteiger partial charge in [0.15, 0.2) is 5.84 Å². The Morgan fingerprint density at radius 3 is 2.70 bits per heavy atom. The third kappa shape index (κ3) is 3.94. The Hall–Kier alpha value is -1.60. The normalized spacial score (nSPS) is 20.1. The molecule has 1 aromatic heterocycles. The van der Waals surface area contributed by atoms with Crippen LogP contribution in [0.5, 0.6) is 0 Å². The summed E-state index contributed by atoms with van der Waals surface area (Å²) in [5, 5.41) is 11.8. The first kappa shape index (κ1) is 14.8. The van der Waals surface area contributed by atoms with E-state index in [4.69, 9.17) is 10.9 Å². The van der Waals surface area contributed by atoms with Crippen LogP contribution in [0, 0.1) is 0 Å². The van der Waals surface area contributed by atoms with Crippen molar-refractivity contribution in [1.29, 1.82) is 0 Å². The lowest BCUT2D eigenvalue weighted by Gasteiger charge is -2.37. The Balaban J connectivity index is 1.66. The van der Waals surface area contributed by atoms with E-state index in [-0.39, 0.29) is 6.04 Å². The van der Waals surface area contributed by atoms with Crippen molar-refractivity contribution in [2.45, 2.75) is 25.9 Å². The third-order valence-corrected chi connectivity index (χ3v) is 3.95. The van der Waals surface area contributed by atoms with Crippen molar-refractivity contribution < 1.29 is 5.21 Å². The van der Waals surface area contributed by atoms with Crippen LogP contribution in [0.4, 0.5) is 0 Å². The Morgan fingerprint density at radius 2 is 2.10 bits per heavy atom. The minimum Gasteiger partial charge on any atom is -0.409 e. The summed E-state index contributed by atoms with van der Waals surface area (Å²) in [7, 11) is 0. The topological polar surface area (TPSA) is 82.9 Å². The molecule has 0 radical (unpaired) electrons. The standard InChI is InChI=1S/C13H24N6O/c1-12(13(14)16-20)19-9-7-17(8-10-19)4-2-5-18-6-3-15-11-18/h3,6,11-12,20H,2,4-5,7-10H2,1H3,(H2,14,16). The van der Waals surface area contributed by atoms with Crippen LogP contribution in [0.2, 0.25) is 0 Å². The molecular weight excluding hydrogens is 256 g/mol. The predicted octanol–water partition coefficient (Wildman–Crippen LogP) is 0.0257. The van der Waals surface area contributed by atoms with E-state index in [9.17, 15) is 0 Å². The molecule has 3 N–H and O–H groups in total. The second-order valence-corrected chi connectivity index (χ2v) is 5.23. The van der Waals surface area contributed by atoms with Crippen LogP contribution in [0.3, 0.4) is 0 Å². The fraction of sp³-hybridized carbons (Fsp3) is 0.692. The fourth-order valence-electron chi connectivity index (χ4n) is 2.54. The van der Waals surface area contributed by atoms with Crippen molar-refractivity contribution in [3.05, 3.63) is 18.7 Å². The molecule has 1 unspecified atom stereocenters. The van der Waals surface area contributed by atoms with E-state index in [0.717, 1.165) is 45.7 Å². The van der Waals surface area contributed by atoms with Gasteiger partial charge in [-0.25, -0.2) is 4.98 Å². The van der Waals surface area contributed by atoms with Crippen LogP contribution in [0.25, 0.3) is 0 Å². The summed E-state index contributed by atoms with van der Waals surface area (Å²) in [4.78, 5) is 8.76. The second-order valence-electron chi connectivity index (χ2n) is 5.23. The number of oxime groups is 1. The molecule has 1 fully saturated rings. The Labute approximate surface area is 119 Å². The molecule has 1 aromatic rings. The summed E-state index contributed by atoms with van der Waals surface area (Å²) < 4.78 is 2.11. The molecule has 7 nitrogen and oxygen atoms in total. The number of aryl methyl sites for hydroxylation is 1. The minimum atomic E-state index is 0.00750. The van der Waals surface area contributed by atoms with Gasteiger partial charge in [0, 0.05) is 45.1 Å². The van der Waals surface area contributed by atoms with Crippen LogP contribution in [-0.2, 0) is 6.54 Å². The van der Waals surface area contributed by atoms with E-state index in [0.29, 0.717) is 5.84 Å². The van der Waals surface area contributed by atoms with Gasteiger partial charge in [0.1, 0.15) is 0 Å². The molecule has 2 heterocycles. The first-order valence-corrected chi connectivity index (χ1v) is 7.10. The largest absolute Gasteiger partial charge is 0.409 e. The molecule has 0 aromatic carbocycles. The number of nitrogens with two attached hydrogens (primary N) is 1. The lowest BCUT2D eigenvalue weighted by atomic mass is 10.2. The van der Waals surface area contributed by atoms with E-state index in [1.807, 2.05) is 25.6 Å². The van der Waals surface area contributed by atoms with Crippen molar-refractivity contribution in [1.82, 2.24) is 19.4 Å². The first-order valence-electron chi connectivity index (χ1n) is 7.10. The summed E-state index contributed by atoms with van der Waals surface area (Å²) in [6.07, 6.45) is 6.80. The molecule has 112 valence electrons. The van der Waals surface area contributed by atoms with Crippen molar-refractivity contribution in [3.63, 3.8) is 0 Å². The van der Waals surface area contributed by atoms with Crippen LogP contribution < -0.4 is 5.73 Å². The average Bonchev–Trinajstić information content (AvgIpc) is 2.99. The summed E-state index contributed by atoms with van der Waals surface area (Å²) in [5.41, 5.74) is 5.65. The quantitative estimate of drug-likeness (QED) is 0.332. The Kier molecular flexibility index (Phi) is 5.37. The zero-order valence-corrected chi connectivity index (χ0v) is 12.0. The van der Waals surface area contributed by atoms with Gasteiger partial charge in [-0.3, -0.25) is 4.90 Å². The molecule has 20 heavy (non-hydrogen) atoms. The molecule has 0 bridgehead atoms. The van der Waals surface area contributed by atoms with Crippen molar-refractivity contribution in [2.24, 2.45) is 10.9 Å². The number of piperazine rings is 1. The third-order valence-electron chi connectivity index (χ3n) is 3.95. The lowest BCUT2D eigenvalue weighted by molar-refractivity contribution is 0.119. The summed E-state index contributed by atoms with van der Waals surface area (Å²) in [6.45, 7) is 8.08. The molecule has 0 amide bonds. The highest BCUT2D eigenvalue weighted by molar-refractivity contribution is 5.84. The van der Waals surface area contributed by atoms with Gasteiger partial charge in [-0.15, -0.1) is 0 Å². The molecule has 1 aliphatic heterocycles. The van der Waals surface area contributed by atoms with Crippen molar-refractivity contribution in [3.8, 4) is 0 Å². The molecule has 2 rings (SSSR count). The van der Waals surface area contributed by atoms with Gasteiger partial charge in [-0.2, -0.15) is 0 Å². The van der Waals surface area contributed by atoms with E-state index >= 15 is 0 Å². The molecule has 1 aliphatic rings. The fourth-order valence-corrected chi connectivity index (χ4v) is 2.54. The van der Waals surface area contributed by atoms with E-state index in [1.54, 1.807) is 0 Å². The van der Waals surface area contributed by atoms with E-state index in [2.05, 4.69) is 24.5 Å². The maximum Gasteiger partial charge on any atom is 0.156 e. The van der Waals surface area contributed by atoms with Gasteiger partial charge in [0.25, 0.3) is 0 Å². The van der Waals surface area contributed by atoms with Crippen LogP contribution in [0.1, 0.15) is 13.3 Å². The zero-order valence-electron chi connectivity index (χ0n) is 12.0.